The fourth-order valence-electron chi connectivity index (χ4n) is 4.02. The summed E-state index contributed by atoms with van der Waals surface area (Å²) in [6.45, 7) is 6.56. The molecule has 0 spiro atoms. The topological polar surface area (TPSA) is 69.3 Å². The van der Waals surface area contributed by atoms with Crippen molar-refractivity contribution in [3.05, 3.63) is 84.1 Å². The van der Waals surface area contributed by atoms with Gasteiger partial charge in [0.1, 0.15) is 11.6 Å². The maximum Gasteiger partial charge on any atom is 0.286 e. The molecule has 4 rings (SSSR count). The molecule has 178 valence electrons. The SMILES string of the molecule is CC(C)c1ccc(OCCCCn2c(CCCNC(=O)c3ccco3)nc3ccccc32)cc1. The molecule has 0 atom stereocenters. The maximum atomic E-state index is 12.0. The average Bonchev–Trinajstić information content (AvgIpc) is 3.50. The lowest BCUT2D eigenvalue weighted by atomic mass is 10.0. The van der Waals surface area contributed by atoms with Crippen LogP contribution in [0.5, 0.6) is 5.75 Å². The van der Waals surface area contributed by atoms with Gasteiger partial charge >= 0.3 is 0 Å². The van der Waals surface area contributed by atoms with Crippen molar-refractivity contribution in [2.24, 2.45) is 0 Å². The van der Waals surface area contributed by atoms with Gasteiger partial charge in [-0.25, -0.2) is 4.98 Å². The summed E-state index contributed by atoms with van der Waals surface area (Å²) in [5.74, 6) is 2.66. The number of rotatable bonds is 12. The molecule has 0 aliphatic rings. The van der Waals surface area contributed by atoms with E-state index in [1.165, 1.54) is 11.8 Å². The zero-order valence-electron chi connectivity index (χ0n) is 20.0. The first kappa shape index (κ1) is 23.6. The van der Waals surface area contributed by atoms with Crippen molar-refractivity contribution in [3.63, 3.8) is 0 Å². The van der Waals surface area contributed by atoms with Gasteiger partial charge in [-0.3, -0.25) is 4.79 Å². The molecule has 0 aliphatic carbocycles. The quantitative estimate of drug-likeness (QED) is 0.265. The molecule has 2 aromatic carbocycles. The molecule has 0 saturated heterocycles. The van der Waals surface area contributed by atoms with Crippen LogP contribution < -0.4 is 10.1 Å². The average molecular weight is 460 g/mol. The molecule has 2 heterocycles. The summed E-state index contributed by atoms with van der Waals surface area (Å²) in [5, 5.41) is 2.91. The van der Waals surface area contributed by atoms with E-state index >= 15 is 0 Å². The first-order valence-corrected chi connectivity index (χ1v) is 12.1. The van der Waals surface area contributed by atoms with Crippen LogP contribution in [0.4, 0.5) is 0 Å². The lowest BCUT2D eigenvalue weighted by molar-refractivity contribution is 0.0925. The number of nitrogens with one attached hydrogen (secondary N) is 1. The van der Waals surface area contributed by atoms with E-state index in [1.54, 1.807) is 12.1 Å². The van der Waals surface area contributed by atoms with Gasteiger partial charge in [0.15, 0.2) is 5.76 Å². The highest BCUT2D eigenvalue weighted by molar-refractivity contribution is 5.91. The third-order valence-electron chi connectivity index (χ3n) is 5.93. The number of amides is 1. The van der Waals surface area contributed by atoms with Crippen molar-refractivity contribution in [3.8, 4) is 5.75 Å². The van der Waals surface area contributed by atoms with Crippen LogP contribution in [0.2, 0.25) is 0 Å². The number of carbonyl (C=O) groups excluding carboxylic acids is 1. The second-order valence-electron chi connectivity index (χ2n) is 8.78. The first-order valence-electron chi connectivity index (χ1n) is 12.1. The van der Waals surface area contributed by atoms with Crippen LogP contribution in [-0.2, 0) is 13.0 Å². The molecule has 0 unspecified atom stereocenters. The number of aryl methyl sites for hydroxylation is 2. The summed E-state index contributed by atoms with van der Waals surface area (Å²) in [7, 11) is 0. The molecular weight excluding hydrogens is 426 g/mol. The summed E-state index contributed by atoms with van der Waals surface area (Å²) < 4.78 is 13.4. The molecular formula is C28H33N3O3. The normalized spacial score (nSPS) is 11.3. The number of aromatic nitrogens is 2. The standard InChI is InChI=1S/C28H33N3O3/c1-21(2)22-13-15-23(16-14-22)33-19-6-5-18-31-25-10-4-3-9-24(25)30-27(31)12-7-17-29-28(32)26-11-8-20-34-26/h3-4,8-11,13-16,20-21H,5-7,12,17-19H2,1-2H3,(H,29,32). The Bertz CT molecular complexity index is 1180. The molecule has 0 radical (unpaired) electrons. The third kappa shape index (κ3) is 6.07. The number of furan rings is 1. The van der Waals surface area contributed by atoms with Crippen LogP contribution >= 0.6 is 0 Å². The third-order valence-corrected chi connectivity index (χ3v) is 5.93. The molecule has 2 aromatic heterocycles. The van der Waals surface area contributed by atoms with E-state index in [9.17, 15) is 4.79 Å². The van der Waals surface area contributed by atoms with Gasteiger partial charge in [0.2, 0.25) is 0 Å². The van der Waals surface area contributed by atoms with Crippen LogP contribution in [0, 0.1) is 0 Å². The lowest BCUT2D eigenvalue weighted by Gasteiger charge is -2.11. The number of hydrogen-bond acceptors (Lipinski definition) is 4. The van der Waals surface area contributed by atoms with Gasteiger partial charge in [-0.2, -0.15) is 0 Å². The van der Waals surface area contributed by atoms with E-state index in [4.69, 9.17) is 14.1 Å². The van der Waals surface area contributed by atoms with Gasteiger partial charge in [-0.1, -0.05) is 38.1 Å². The van der Waals surface area contributed by atoms with E-state index in [0.717, 1.165) is 54.8 Å². The number of unbranched alkanes of at least 4 members (excludes halogenated alkanes) is 1. The van der Waals surface area contributed by atoms with Gasteiger partial charge in [0.05, 0.1) is 23.9 Å². The van der Waals surface area contributed by atoms with Gasteiger partial charge in [-0.15, -0.1) is 0 Å². The molecule has 6 nitrogen and oxygen atoms in total. The van der Waals surface area contributed by atoms with Crippen LogP contribution in [0.25, 0.3) is 11.0 Å². The number of imidazole rings is 1. The van der Waals surface area contributed by atoms with Crippen molar-refractivity contribution in [2.75, 3.05) is 13.2 Å². The van der Waals surface area contributed by atoms with Crippen molar-refractivity contribution >= 4 is 16.9 Å². The number of carbonyl (C=O) groups is 1. The van der Waals surface area contributed by atoms with Gasteiger partial charge < -0.3 is 19.0 Å². The largest absolute Gasteiger partial charge is 0.494 e. The highest BCUT2D eigenvalue weighted by Crippen LogP contribution is 2.20. The minimum Gasteiger partial charge on any atom is -0.494 e. The van der Waals surface area contributed by atoms with Gasteiger partial charge in [-0.05, 0) is 67.1 Å². The second kappa shape index (κ2) is 11.5. The Morgan fingerprint density at radius 2 is 1.85 bits per heavy atom. The smallest absolute Gasteiger partial charge is 0.286 e. The second-order valence-corrected chi connectivity index (χ2v) is 8.78. The first-order chi connectivity index (χ1) is 16.6. The van der Waals surface area contributed by atoms with Crippen LogP contribution in [-0.4, -0.2) is 28.6 Å². The fourth-order valence-corrected chi connectivity index (χ4v) is 4.02. The van der Waals surface area contributed by atoms with E-state index < -0.39 is 0 Å². The Morgan fingerprint density at radius 1 is 1.03 bits per heavy atom. The number of fused-ring (bicyclic) bond motifs is 1. The molecule has 34 heavy (non-hydrogen) atoms. The Balaban J connectivity index is 1.27. The zero-order chi connectivity index (χ0) is 23.8. The molecule has 4 aromatic rings. The predicted molar refractivity (Wildman–Crippen MR) is 134 cm³/mol. The molecule has 1 N–H and O–H groups in total. The van der Waals surface area contributed by atoms with E-state index in [-0.39, 0.29) is 5.91 Å². The Morgan fingerprint density at radius 3 is 2.62 bits per heavy atom. The predicted octanol–water partition coefficient (Wildman–Crippen LogP) is 5.97. The van der Waals surface area contributed by atoms with E-state index in [2.05, 4.69) is 66.2 Å². The molecule has 0 aliphatic heterocycles. The molecule has 1 amide bonds. The van der Waals surface area contributed by atoms with Crippen LogP contribution in [0.15, 0.2) is 71.3 Å². The molecule has 6 heteroatoms. The summed E-state index contributed by atoms with van der Waals surface area (Å²) in [5.41, 5.74) is 3.49. The zero-order valence-corrected chi connectivity index (χ0v) is 20.0. The highest BCUT2D eigenvalue weighted by atomic mass is 16.5. The highest BCUT2D eigenvalue weighted by Gasteiger charge is 2.11. The van der Waals surface area contributed by atoms with E-state index in [1.807, 2.05) is 6.07 Å². The number of benzene rings is 2. The summed E-state index contributed by atoms with van der Waals surface area (Å²) in [4.78, 5) is 16.9. The summed E-state index contributed by atoms with van der Waals surface area (Å²) in [6, 6.07) is 20.0. The number of hydrogen-bond donors (Lipinski definition) is 1. The molecule has 0 bridgehead atoms. The van der Waals surface area contributed by atoms with Crippen LogP contribution in [0.3, 0.4) is 0 Å². The number of nitrogens with zero attached hydrogens (tertiary/aromatic N) is 2. The number of ether oxygens (including phenoxy) is 1. The van der Waals surface area contributed by atoms with Gasteiger partial charge in [0.25, 0.3) is 5.91 Å². The Kier molecular flexibility index (Phi) is 8.02. The minimum atomic E-state index is -0.183. The van der Waals surface area contributed by atoms with Crippen molar-refractivity contribution in [2.45, 2.75) is 52.0 Å². The van der Waals surface area contributed by atoms with Gasteiger partial charge in [0, 0.05) is 19.5 Å². The summed E-state index contributed by atoms with van der Waals surface area (Å²) >= 11 is 0. The fraction of sp³-hybridized carbons (Fsp3) is 0.357. The molecule has 0 saturated carbocycles. The Hall–Kier alpha value is -3.54. The maximum absolute atomic E-state index is 12.0. The lowest BCUT2D eigenvalue weighted by Crippen LogP contribution is -2.24. The Labute approximate surface area is 200 Å². The van der Waals surface area contributed by atoms with Crippen molar-refractivity contribution < 1.29 is 13.9 Å². The van der Waals surface area contributed by atoms with Crippen molar-refractivity contribution in [1.29, 1.82) is 0 Å². The number of para-hydroxylation sites is 2. The van der Waals surface area contributed by atoms with Crippen LogP contribution in [0.1, 0.15) is 61.0 Å². The van der Waals surface area contributed by atoms with Crippen molar-refractivity contribution in [1.82, 2.24) is 14.9 Å². The summed E-state index contributed by atoms with van der Waals surface area (Å²) in [6.07, 6.45) is 5.09. The molecule has 0 fully saturated rings. The monoisotopic (exact) mass is 459 g/mol. The van der Waals surface area contributed by atoms with E-state index in [0.29, 0.717) is 24.8 Å². The minimum absolute atomic E-state index is 0.183.